The molecule has 0 aliphatic carbocycles. The number of furan rings is 1. The lowest BCUT2D eigenvalue weighted by Crippen LogP contribution is -2.45. The third-order valence-electron chi connectivity index (χ3n) is 3.06. The van der Waals surface area contributed by atoms with Crippen molar-refractivity contribution >= 4 is 0 Å². The van der Waals surface area contributed by atoms with E-state index in [0.29, 0.717) is 6.61 Å². The fourth-order valence-electron chi connectivity index (χ4n) is 1.80. The predicted molar refractivity (Wildman–Crippen MR) is 57.3 cm³/mol. The molecule has 2 heterocycles. The largest absolute Gasteiger partial charge is 0.472 e. The number of hydrogen-bond acceptors (Lipinski definition) is 4. The molecule has 1 aliphatic rings. The van der Waals surface area contributed by atoms with Crippen molar-refractivity contribution in [2.24, 2.45) is 11.1 Å². The number of nitrogens with one attached hydrogen (secondary N) is 1. The topological polar surface area (TPSA) is 60.4 Å². The molecule has 0 aromatic carbocycles. The van der Waals surface area contributed by atoms with Gasteiger partial charge in [-0.2, -0.15) is 0 Å². The Bertz CT molecular complexity index is 300. The summed E-state index contributed by atoms with van der Waals surface area (Å²) in [6.45, 7) is 5.27. The molecule has 1 fully saturated rings. The Morgan fingerprint density at radius 2 is 2.53 bits per heavy atom. The molecule has 0 bridgehead atoms. The molecule has 2 rings (SSSR count). The lowest BCUT2D eigenvalue weighted by atomic mass is 9.86. The molecular formula is C11H18N2O2. The fourth-order valence-corrected chi connectivity index (χ4v) is 1.80. The van der Waals surface area contributed by atoms with Crippen LogP contribution in [0.15, 0.2) is 23.0 Å². The highest BCUT2D eigenvalue weighted by Crippen LogP contribution is 2.25. The summed E-state index contributed by atoms with van der Waals surface area (Å²) >= 11 is 0. The van der Waals surface area contributed by atoms with Gasteiger partial charge in [-0.15, -0.1) is 0 Å². The van der Waals surface area contributed by atoms with E-state index in [-0.39, 0.29) is 11.5 Å². The molecule has 4 heteroatoms. The number of ether oxygens (including phenoxy) is 1. The first-order valence-corrected chi connectivity index (χ1v) is 5.26. The van der Waals surface area contributed by atoms with Crippen molar-refractivity contribution in [3.05, 3.63) is 24.2 Å². The zero-order valence-electron chi connectivity index (χ0n) is 9.03. The molecule has 2 atom stereocenters. The van der Waals surface area contributed by atoms with Crippen LogP contribution in [0.3, 0.4) is 0 Å². The minimum Gasteiger partial charge on any atom is -0.472 e. The van der Waals surface area contributed by atoms with Crippen molar-refractivity contribution in [3.8, 4) is 0 Å². The van der Waals surface area contributed by atoms with Crippen molar-refractivity contribution in [1.82, 2.24) is 5.32 Å². The second kappa shape index (κ2) is 4.35. The summed E-state index contributed by atoms with van der Waals surface area (Å²) in [7, 11) is 0. The second-order valence-corrected chi connectivity index (χ2v) is 4.51. The zero-order valence-corrected chi connectivity index (χ0v) is 9.03. The third-order valence-corrected chi connectivity index (χ3v) is 3.06. The summed E-state index contributed by atoms with van der Waals surface area (Å²) in [6, 6.07) is 2.09. The van der Waals surface area contributed by atoms with Crippen LogP contribution >= 0.6 is 0 Å². The Kier molecular flexibility index (Phi) is 3.09. The average Bonchev–Trinajstić information content (AvgIpc) is 2.79. The van der Waals surface area contributed by atoms with Gasteiger partial charge in [0.15, 0.2) is 0 Å². The molecule has 15 heavy (non-hydrogen) atoms. The predicted octanol–water partition coefficient (Wildman–Crippen LogP) is 0.733. The van der Waals surface area contributed by atoms with E-state index in [1.807, 2.05) is 6.07 Å². The van der Waals surface area contributed by atoms with E-state index in [0.717, 1.165) is 25.3 Å². The van der Waals surface area contributed by atoms with E-state index in [4.69, 9.17) is 14.9 Å². The van der Waals surface area contributed by atoms with Crippen molar-refractivity contribution in [2.75, 3.05) is 19.8 Å². The Hall–Kier alpha value is -0.840. The summed E-state index contributed by atoms with van der Waals surface area (Å²) in [5.74, 6) is 0. The van der Waals surface area contributed by atoms with E-state index in [1.165, 1.54) is 0 Å². The zero-order chi connectivity index (χ0) is 10.7. The van der Waals surface area contributed by atoms with Crippen LogP contribution in [0.1, 0.15) is 12.5 Å². The maximum Gasteiger partial charge on any atom is 0.0947 e. The fraction of sp³-hybridized carbons (Fsp3) is 0.636. The summed E-state index contributed by atoms with van der Waals surface area (Å²) in [4.78, 5) is 0. The number of rotatable bonds is 4. The van der Waals surface area contributed by atoms with Gasteiger partial charge in [0.1, 0.15) is 0 Å². The smallest absolute Gasteiger partial charge is 0.0947 e. The van der Waals surface area contributed by atoms with Gasteiger partial charge in [-0.05, 0) is 6.07 Å². The minimum absolute atomic E-state index is 0.0593. The van der Waals surface area contributed by atoms with Gasteiger partial charge in [-0.3, -0.25) is 0 Å². The molecule has 1 saturated heterocycles. The van der Waals surface area contributed by atoms with Crippen LogP contribution in [-0.2, 0) is 11.3 Å². The van der Waals surface area contributed by atoms with Crippen LogP contribution in [0.4, 0.5) is 0 Å². The molecule has 0 spiro atoms. The summed E-state index contributed by atoms with van der Waals surface area (Å²) < 4.78 is 10.4. The van der Waals surface area contributed by atoms with Crippen LogP contribution in [0, 0.1) is 5.41 Å². The first-order chi connectivity index (χ1) is 7.21. The van der Waals surface area contributed by atoms with Crippen LogP contribution < -0.4 is 11.1 Å². The third kappa shape index (κ3) is 2.40. The molecule has 0 amide bonds. The summed E-state index contributed by atoms with van der Waals surface area (Å²) in [5.41, 5.74) is 7.21. The van der Waals surface area contributed by atoms with Crippen molar-refractivity contribution in [3.63, 3.8) is 0 Å². The van der Waals surface area contributed by atoms with E-state index in [2.05, 4.69) is 12.2 Å². The Labute approximate surface area is 89.8 Å². The molecule has 84 valence electrons. The van der Waals surface area contributed by atoms with Gasteiger partial charge in [-0.1, -0.05) is 6.92 Å². The van der Waals surface area contributed by atoms with Gasteiger partial charge >= 0.3 is 0 Å². The number of nitrogens with two attached hydrogens (primary N) is 1. The standard InChI is InChI=1S/C11H18N2O2/c1-11(8-15-6-10(11)12)7-13-4-9-2-3-14-5-9/h2-3,5,10,13H,4,6-8,12H2,1H3. The molecule has 1 aromatic rings. The molecule has 0 radical (unpaired) electrons. The molecule has 0 saturated carbocycles. The quantitative estimate of drug-likeness (QED) is 0.769. The van der Waals surface area contributed by atoms with Gasteiger partial charge in [0.05, 0.1) is 25.7 Å². The SMILES string of the molecule is CC1(CNCc2ccoc2)COCC1N. The van der Waals surface area contributed by atoms with Crippen molar-refractivity contribution in [2.45, 2.75) is 19.5 Å². The van der Waals surface area contributed by atoms with Gasteiger partial charge in [0, 0.05) is 30.1 Å². The Balaban J connectivity index is 1.78. The Morgan fingerprint density at radius 3 is 3.13 bits per heavy atom. The number of hydrogen-bond donors (Lipinski definition) is 2. The molecule has 1 aliphatic heterocycles. The lowest BCUT2D eigenvalue weighted by Gasteiger charge is -2.26. The average molecular weight is 210 g/mol. The van der Waals surface area contributed by atoms with E-state index < -0.39 is 0 Å². The van der Waals surface area contributed by atoms with Crippen molar-refractivity contribution < 1.29 is 9.15 Å². The van der Waals surface area contributed by atoms with E-state index in [1.54, 1.807) is 12.5 Å². The molecule has 2 unspecified atom stereocenters. The van der Waals surface area contributed by atoms with E-state index in [9.17, 15) is 0 Å². The molecule has 3 N–H and O–H groups in total. The van der Waals surface area contributed by atoms with Crippen molar-refractivity contribution in [1.29, 1.82) is 0 Å². The summed E-state index contributed by atoms with van der Waals surface area (Å²) in [5, 5.41) is 3.38. The van der Waals surface area contributed by atoms with Gasteiger partial charge in [-0.25, -0.2) is 0 Å². The second-order valence-electron chi connectivity index (χ2n) is 4.51. The lowest BCUT2D eigenvalue weighted by molar-refractivity contribution is 0.158. The minimum atomic E-state index is 0.0593. The summed E-state index contributed by atoms with van der Waals surface area (Å²) in [6.07, 6.45) is 3.43. The molecular weight excluding hydrogens is 192 g/mol. The Morgan fingerprint density at radius 1 is 1.67 bits per heavy atom. The van der Waals surface area contributed by atoms with E-state index >= 15 is 0 Å². The van der Waals surface area contributed by atoms with Gasteiger partial charge in [0.2, 0.25) is 0 Å². The first-order valence-electron chi connectivity index (χ1n) is 5.26. The maximum atomic E-state index is 5.99. The highest BCUT2D eigenvalue weighted by molar-refractivity contribution is 5.04. The maximum absolute atomic E-state index is 5.99. The normalized spacial score (nSPS) is 30.9. The van der Waals surface area contributed by atoms with Gasteiger partial charge < -0.3 is 20.2 Å². The first kappa shape index (κ1) is 10.7. The molecule has 1 aromatic heterocycles. The van der Waals surface area contributed by atoms with Gasteiger partial charge in [0.25, 0.3) is 0 Å². The van der Waals surface area contributed by atoms with Crippen LogP contribution in [-0.4, -0.2) is 25.8 Å². The van der Waals surface area contributed by atoms with Crippen LogP contribution in [0.5, 0.6) is 0 Å². The highest BCUT2D eigenvalue weighted by atomic mass is 16.5. The highest BCUT2D eigenvalue weighted by Gasteiger charge is 2.36. The monoisotopic (exact) mass is 210 g/mol. The van der Waals surface area contributed by atoms with Crippen LogP contribution in [0.25, 0.3) is 0 Å². The molecule has 4 nitrogen and oxygen atoms in total. The van der Waals surface area contributed by atoms with Crippen LogP contribution in [0.2, 0.25) is 0 Å².